The van der Waals surface area contributed by atoms with Gasteiger partial charge in [0.1, 0.15) is 11.6 Å². The molecule has 0 unspecified atom stereocenters. The van der Waals surface area contributed by atoms with Crippen molar-refractivity contribution in [2.45, 2.75) is 13.5 Å². The van der Waals surface area contributed by atoms with Gasteiger partial charge in [-0.2, -0.15) is 0 Å². The summed E-state index contributed by atoms with van der Waals surface area (Å²) >= 11 is 3.44. The molecule has 0 aliphatic carbocycles. The van der Waals surface area contributed by atoms with Crippen LogP contribution < -0.4 is 10.2 Å². The maximum absolute atomic E-state index is 4.52. The van der Waals surface area contributed by atoms with Gasteiger partial charge in [-0.05, 0) is 24.6 Å². The quantitative estimate of drug-likeness (QED) is 0.917. The van der Waals surface area contributed by atoms with Crippen LogP contribution >= 0.6 is 15.9 Å². The number of hydrogen-bond donors (Lipinski definition) is 1. The van der Waals surface area contributed by atoms with Gasteiger partial charge in [0, 0.05) is 24.6 Å². The van der Waals surface area contributed by atoms with Crippen LogP contribution in [0.3, 0.4) is 0 Å². The molecule has 5 heteroatoms. The van der Waals surface area contributed by atoms with Gasteiger partial charge in [-0.3, -0.25) is 4.98 Å². The summed E-state index contributed by atoms with van der Waals surface area (Å²) in [6.07, 6.45) is 3.51. The summed E-state index contributed by atoms with van der Waals surface area (Å²) in [5.74, 6) is 1.67. The molecule has 1 aromatic heterocycles. The highest BCUT2D eigenvalue weighted by molar-refractivity contribution is 9.10. The Bertz CT molecular complexity index is 527. The van der Waals surface area contributed by atoms with Crippen molar-refractivity contribution in [3.8, 4) is 0 Å². The molecular formula is C14H17BrN4. The maximum Gasteiger partial charge on any atom is 0.149 e. The monoisotopic (exact) mass is 320 g/mol. The topological polar surface area (TPSA) is 41.1 Å². The van der Waals surface area contributed by atoms with Gasteiger partial charge in [-0.15, -0.1) is 0 Å². The van der Waals surface area contributed by atoms with Crippen LogP contribution in [0.5, 0.6) is 0 Å². The molecule has 0 saturated carbocycles. The van der Waals surface area contributed by atoms with Gasteiger partial charge in [0.05, 0.1) is 12.4 Å². The third-order valence-electron chi connectivity index (χ3n) is 2.70. The van der Waals surface area contributed by atoms with Crippen molar-refractivity contribution in [3.05, 3.63) is 46.7 Å². The first kappa shape index (κ1) is 13.8. The van der Waals surface area contributed by atoms with E-state index in [9.17, 15) is 0 Å². The molecule has 0 aliphatic rings. The van der Waals surface area contributed by atoms with E-state index in [0.717, 1.165) is 29.2 Å². The fraction of sp³-hybridized carbons (Fsp3) is 0.286. The lowest BCUT2D eigenvalue weighted by Gasteiger charge is -2.18. The van der Waals surface area contributed by atoms with Crippen LogP contribution in [0, 0.1) is 0 Å². The van der Waals surface area contributed by atoms with Crippen LogP contribution in [0.4, 0.5) is 11.6 Å². The molecule has 1 aromatic carbocycles. The Balaban J connectivity index is 2.08. The second-order valence-electron chi connectivity index (χ2n) is 4.28. The third kappa shape index (κ3) is 3.92. The highest BCUT2D eigenvalue weighted by atomic mass is 79.9. The predicted octanol–water partition coefficient (Wildman–Crippen LogP) is 3.31. The van der Waals surface area contributed by atoms with E-state index in [1.165, 1.54) is 5.56 Å². The van der Waals surface area contributed by atoms with Crippen molar-refractivity contribution in [2.24, 2.45) is 0 Å². The number of hydrogen-bond acceptors (Lipinski definition) is 4. The van der Waals surface area contributed by atoms with Crippen LogP contribution in [-0.4, -0.2) is 23.6 Å². The molecule has 0 spiro atoms. The number of nitrogens with one attached hydrogen (secondary N) is 1. The standard InChI is InChI=1S/C14H17BrN4/c1-3-17-13-8-16-9-14(18-13)19(2)10-11-4-6-12(15)7-5-11/h4-9H,3,10H2,1-2H3,(H,17,18). The number of rotatable bonds is 5. The molecule has 1 heterocycles. The van der Waals surface area contributed by atoms with Crippen LogP contribution in [0.15, 0.2) is 41.1 Å². The van der Waals surface area contributed by atoms with Crippen molar-refractivity contribution in [3.63, 3.8) is 0 Å². The summed E-state index contributed by atoms with van der Waals surface area (Å²) in [7, 11) is 2.02. The molecule has 0 radical (unpaired) electrons. The van der Waals surface area contributed by atoms with Crippen LogP contribution in [0.25, 0.3) is 0 Å². The molecule has 0 bridgehead atoms. The summed E-state index contributed by atoms with van der Waals surface area (Å²) in [5.41, 5.74) is 1.24. The first-order valence-electron chi connectivity index (χ1n) is 6.20. The predicted molar refractivity (Wildman–Crippen MR) is 82.4 cm³/mol. The third-order valence-corrected chi connectivity index (χ3v) is 3.23. The van der Waals surface area contributed by atoms with E-state index < -0.39 is 0 Å². The van der Waals surface area contributed by atoms with Gasteiger partial charge in [-0.1, -0.05) is 28.1 Å². The summed E-state index contributed by atoms with van der Waals surface area (Å²) in [5, 5.41) is 3.17. The van der Waals surface area contributed by atoms with E-state index in [-0.39, 0.29) is 0 Å². The first-order chi connectivity index (χ1) is 9.19. The average molecular weight is 321 g/mol. The number of anilines is 2. The largest absolute Gasteiger partial charge is 0.369 e. The van der Waals surface area contributed by atoms with Crippen molar-refractivity contribution in [1.29, 1.82) is 0 Å². The lowest BCUT2D eigenvalue weighted by atomic mass is 10.2. The maximum atomic E-state index is 4.52. The smallest absolute Gasteiger partial charge is 0.149 e. The van der Waals surface area contributed by atoms with Crippen molar-refractivity contribution >= 4 is 27.6 Å². The number of nitrogens with zero attached hydrogens (tertiary/aromatic N) is 3. The molecule has 100 valence electrons. The van der Waals surface area contributed by atoms with Crippen molar-refractivity contribution in [2.75, 3.05) is 23.8 Å². The molecule has 19 heavy (non-hydrogen) atoms. The summed E-state index contributed by atoms with van der Waals surface area (Å²) in [6.45, 7) is 3.69. The second-order valence-corrected chi connectivity index (χ2v) is 5.19. The Hall–Kier alpha value is -1.62. The molecule has 0 aliphatic heterocycles. The van der Waals surface area contributed by atoms with Gasteiger partial charge < -0.3 is 10.2 Å². The van der Waals surface area contributed by atoms with Crippen LogP contribution in [-0.2, 0) is 6.54 Å². The Morgan fingerprint density at radius 2 is 1.95 bits per heavy atom. The Morgan fingerprint density at radius 3 is 2.63 bits per heavy atom. The lowest BCUT2D eigenvalue weighted by Crippen LogP contribution is -2.18. The van der Waals surface area contributed by atoms with E-state index in [1.54, 1.807) is 12.4 Å². The Morgan fingerprint density at radius 1 is 1.21 bits per heavy atom. The molecule has 0 atom stereocenters. The highest BCUT2D eigenvalue weighted by Crippen LogP contribution is 2.16. The highest BCUT2D eigenvalue weighted by Gasteiger charge is 2.05. The Kier molecular flexibility index (Phi) is 4.74. The van der Waals surface area contributed by atoms with E-state index in [2.05, 4.69) is 48.2 Å². The first-order valence-corrected chi connectivity index (χ1v) is 7.00. The zero-order valence-corrected chi connectivity index (χ0v) is 12.7. The zero-order chi connectivity index (χ0) is 13.7. The second kappa shape index (κ2) is 6.52. The zero-order valence-electron chi connectivity index (χ0n) is 11.1. The van der Waals surface area contributed by atoms with Gasteiger partial charge in [0.15, 0.2) is 0 Å². The van der Waals surface area contributed by atoms with Gasteiger partial charge in [-0.25, -0.2) is 4.98 Å². The molecule has 4 nitrogen and oxygen atoms in total. The summed E-state index contributed by atoms with van der Waals surface area (Å²) in [6, 6.07) is 8.29. The van der Waals surface area contributed by atoms with Gasteiger partial charge in [0.25, 0.3) is 0 Å². The van der Waals surface area contributed by atoms with Crippen LogP contribution in [0.2, 0.25) is 0 Å². The van der Waals surface area contributed by atoms with E-state index in [4.69, 9.17) is 0 Å². The average Bonchev–Trinajstić information content (AvgIpc) is 2.42. The molecular weight excluding hydrogens is 304 g/mol. The fourth-order valence-electron chi connectivity index (χ4n) is 1.75. The lowest BCUT2D eigenvalue weighted by molar-refractivity contribution is 0.889. The van der Waals surface area contributed by atoms with Crippen molar-refractivity contribution < 1.29 is 0 Å². The van der Waals surface area contributed by atoms with Gasteiger partial charge in [0.2, 0.25) is 0 Å². The Labute approximate surface area is 122 Å². The molecule has 2 aromatic rings. The number of benzene rings is 1. The summed E-state index contributed by atoms with van der Waals surface area (Å²) in [4.78, 5) is 10.8. The van der Waals surface area contributed by atoms with E-state index >= 15 is 0 Å². The molecule has 0 fully saturated rings. The summed E-state index contributed by atoms with van der Waals surface area (Å²) < 4.78 is 1.09. The minimum absolute atomic E-state index is 0.803. The molecule has 1 N–H and O–H groups in total. The molecule has 2 rings (SSSR count). The van der Waals surface area contributed by atoms with Gasteiger partial charge >= 0.3 is 0 Å². The van der Waals surface area contributed by atoms with Crippen molar-refractivity contribution in [1.82, 2.24) is 9.97 Å². The SMILES string of the molecule is CCNc1cncc(N(C)Cc2ccc(Br)cc2)n1. The number of halogens is 1. The van der Waals surface area contributed by atoms with E-state index in [0.29, 0.717) is 0 Å². The normalized spacial score (nSPS) is 10.3. The molecule has 0 saturated heterocycles. The number of aromatic nitrogens is 2. The minimum atomic E-state index is 0.803. The van der Waals surface area contributed by atoms with Crippen LogP contribution in [0.1, 0.15) is 12.5 Å². The molecule has 0 amide bonds. The van der Waals surface area contributed by atoms with E-state index in [1.807, 2.05) is 26.1 Å². The minimum Gasteiger partial charge on any atom is -0.369 e. The fourth-order valence-corrected chi connectivity index (χ4v) is 2.01.